The maximum absolute atomic E-state index is 12.2. The van der Waals surface area contributed by atoms with Crippen LogP contribution in [-0.4, -0.2) is 0 Å². The monoisotopic (exact) mass is 238 g/mol. The van der Waals surface area contributed by atoms with E-state index in [0.29, 0.717) is 16.4 Å². The Labute approximate surface area is 101 Å². The lowest BCUT2D eigenvalue weighted by Gasteiger charge is -1.99. The number of para-hydroxylation sites is 1. The zero-order chi connectivity index (χ0) is 12.7. The summed E-state index contributed by atoms with van der Waals surface area (Å²) in [6.45, 7) is 0. The van der Waals surface area contributed by atoms with Crippen molar-refractivity contribution in [3.8, 4) is 6.07 Å². The molecule has 0 aliphatic carbocycles. The first-order valence-corrected chi connectivity index (χ1v) is 5.28. The number of anilines is 1. The lowest BCUT2D eigenvalue weighted by atomic mass is 10.1. The highest BCUT2D eigenvalue weighted by atomic mass is 16.3. The Morgan fingerprint density at radius 3 is 2.83 bits per heavy atom. The number of nitrogen functional groups attached to an aromatic ring is 1. The Balaban J connectivity index is 2.58. The van der Waals surface area contributed by atoms with Crippen molar-refractivity contribution in [2.75, 3.05) is 5.73 Å². The zero-order valence-electron chi connectivity index (χ0n) is 9.23. The fourth-order valence-corrected chi connectivity index (χ4v) is 1.88. The quantitative estimate of drug-likeness (QED) is 0.595. The number of aromatic nitrogens is 1. The first-order valence-electron chi connectivity index (χ1n) is 5.28. The van der Waals surface area contributed by atoms with Crippen molar-refractivity contribution < 1.29 is 9.40 Å². The van der Waals surface area contributed by atoms with E-state index in [1.54, 1.807) is 24.3 Å². The molecule has 0 fully saturated rings. The van der Waals surface area contributed by atoms with Crippen LogP contribution in [0.5, 0.6) is 0 Å². The molecule has 3 rings (SSSR count). The van der Waals surface area contributed by atoms with Crippen molar-refractivity contribution in [2.24, 2.45) is 0 Å². The molecule has 0 aliphatic heterocycles. The lowest BCUT2D eigenvalue weighted by Crippen LogP contribution is -2.17. The van der Waals surface area contributed by atoms with Gasteiger partial charge in [-0.1, -0.05) is 12.1 Å². The van der Waals surface area contributed by atoms with Gasteiger partial charge in [-0.3, -0.25) is 10.5 Å². The van der Waals surface area contributed by atoms with Gasteiger partial charge in [-0.15, -0.1) is 0 Å². The molecule has 0 saturated carbocycles. The van der Waals surface area contributed by atoms with Gasteiger partial charge in [0, 0.05) is 0 Å². The third-order valence-electron chi connectivity index (χ3n) is 2.78. The third-order valence-corrected chi connectivity index (χ3v) is 2.78. The molecule has 0 spiro atoms. The number of nitriles is 1. The van der Waals surface area contributed by atoms with Gasteiger partial charge in [-0.05, 0) is 18.2 Å². The Morgan fingerprint density at radius 2 is 2.06 bits per heavy atom. The summed E-state index contributed by atoms with van der Waals surface area (Å²) in [4.78, 5) is 15.0. The fraction of sp³-hybridized carbons (Fsp3) is 0. The molecule has 5 nitrogen and oxygen atoms in total. The van der Waals surface area contributed by atoms with E-state index in [-0.39, 0.29) is 22.5 Å². The van der Waals surface area contributed by atoms with E-state index in [2.05, 4.69) is 4.98 Å². The molecule has 0 saturated heterocycles. The summed E-state index contributed by atoms with van der Waals surface area (Å²) in [5.74, 6) is 0.184. The largest absolute Gasteiger partial charge is 0.422 e. The molecule has 1 aromatic carbocycles. The van der Waals surface area contributed by atoms with Crippen LogP contribution in [-0.2, 0) is 0 Å². The molecule has 2 heterocycles. The molecule has 3 aromatic rings. The van der Waals surface area contributed by atoms with E-state index in [1.807, 2.05) is 6.07 Å². The summed E-state index contributed by atoms with van der Waals surface area (Å²) in [5.41, 5.74) is 6.45. The van der Waals surface area contributed by atoms with Crippen molar-refractivity contribution in [1.82, 2.24) is 0 Å². The second kappa shape index (κ2) is 3.57. The summed E-state index contributed by atoms with van der Waals surface area (Å²) in [6.07, 6.45) is 0. The Hall–Kier alpha value is -2.87. The Bertz CT molecular complexity index is 875. The highest BCUT2D eigenvalue weighted by Crippen LogP contribution is 2.17. The van der Waals surface area contributed by atoms with Gasteiger partial charge in [0.2, 0.25) is 5.43 Å². The van der Waals surface area contributed by atoms with Gasteiger partial charge in [0.1, 0.15) is 22.6 Å². The maximum Gasteiger partial charge on any atom is 0.299 e. The maximum atomic E-state index is 12.2. The third kappa shape index (κ3) is 1.33. The van der Waals surface area contributed by atoms with Gasteiger partial charge in [0.05, 0.1) is 5.39 Å². The smallest absolute Gasteiger partial charge is 0.299 e. The number of rotatable bonds is 0. The molecular formula is C13H8N3O2+. The van der Waals surface area contributed by atoms with Crippen LogP contribution in [0.25, 0.3) is 22.1 Å². The number of hydrogen-bond donors (Lipinski definition) is 1. The summed E-state index contributed by atoms with van der Waals surface area (Å²) in [6, 6.07) is 10.3. The average Bonchev–Trinajstić information content (AvgIpc) is 2.38. The summed E-state index contributed by atoms with van der Waals surface area (Å²) in [5, 5.41) is 9.70. The molecule has 0 atom stereocenters. The van der Waals surface area contributed by atoms with Crippen LogP contribution in [0.2, 0.25) is 0 Å². The number of hydrogen-bond acceptors (Lipinski definition) is 4. The van der Waals surface area contributed by atoms with Crippen LogP contribution in [0.1, 0.15) is 5.56 Å². The van der Waals surface area contributed by atoms with Gasteiger partial charge in [0.25, 0.3) is 11.5 Å². The number of pyridine rings is 1. The van der Waals surface area contributed by atoms with Crippen LogP contribution >= 0.6 is 0 Å². The summed E-state index contributed by atoms with van der Waals surface area (Å²) >= 11 is 0. The fourth-order valence-electron chi connectivity index (χ4n) is 1.88. The van der Waals surface area contributed by atoms with Crippen LogP contribution < -0.4 is 16.1 Å². The highest BCUT2D eigenvalue weighted by molar-refractivity contribution is 5.87. The van der Waals surface area contributed by atoms with Crippen LogP contribution in [0, 0.1) is 11.3 Å². The van der Waals surface area contributed by atoms with Gasteiger partial charge >= 0.3 is 0 Å². The molecule has 18 heavy (non-hydrogen) atoms. The van der Waals surface area contributed by atoms with Crippen molar-refractivity contribution in [3.05, 3.63) is 46.1 Å². The molecule has 2 aromatic heterocycles. The topological polar surface area (TPSA) is 94.2 Å². The molecule has 0 amide bonds. The van der Waals surface area contributed by atoms with Crippen molar-refractivity contribution in [2.45, 2.75) is 0 Å². The average molecular weight is 238 g/mol. The highest BCUT2D eigenvalue weighted by Gasteiger charge is 2.14. The number of nitrogens with two attached hydrogens (primary N) is 1. The standard InChI is InChI=1S/C13H7N3O2/c14-6-7-5-9-11(17)8-3-1-2-4-10(8)18-13(9)16-12(7)15/h1-5H,(H2,15,16)/p+1. The first-order chi connectivity index (χ1) is 8.70. The number of nitrogens with one attached hydrogen (secondary N) is 1. The predicted octanol–water partition coefficient (Wildman–Crippen LogP) is 1.21. The van der Waals surface area contributed by atoms with Gasteiger partial charge < -0.3 is 4.42 Å². The molecule has 0 unspecified atom stereocenters. The first kappa shape index (κ1) is 10.3. The van der Waals surface area contributed by atoms with Crippen LogP contribution in [0.4, 0.5) is 5.82 Å². The number of benzene rings is 1. The SMILES string of the molecule is N#Cc1cc2c(=O)c3ccccc3oc2[nH+]c1N. The number of fused-ring (bicyclic) bond motifs is 2. The van der Waals surface area contributed by atoms with Gasteiger partial charge in [-0.2, -0.15) is 5.26 Å². The van der Waals surface area contributed by atoms with E-state index in [4.69, 9.17) is 15.4 Å². The predicted molar refractivity (Wildman–Crippen MR) is 65.7 cm³/mol. The lowest BCUT2D eigenvalue weighted by molar-refractivity contribution is -0.338. The number of nitrogens with zero attached hydrogens (tertiary/aromatic N) is 1. The molecule has 86 valence electrons. The molecule has 0 bridgehead atoms. The molecule has 0 radical (unpaired) electrons. The minimum Gasteiger partial charge on any atom is -0.422 e. The van der Waals surface area contributed by atoms with Crippen molar-refractivity contribution >= 4 is 27.9 Å². The molecule has 3 N–H and O–H groups in total. The molecule has 0 aliphatic rings. The molecule has 5 heteroatoms. The van der Waals surface area contributed by atoms with Crippen LogP contribution in [0.3, 0.4) is 0 Å². The van der Waals surface area contributed by atoms with E-state index in [0.717, 1.165) is 0 Å². The second-order valence-corrected chi connectivity index (χ2v) is 3.88. The van der Waals surface area contributed by atoms with E-state index < -0.39 is 0 Å². The Kier molecular flexibility index (Phi) is 2.04. The second-order valence-electron chi connectivity index (χ2n) is 3.88. The normalized spacial score (nSPS) is 10.6. The van der Waals surface area contributed by atoms with E-state index in [9.17, 15) is 4.79 Å². The summed E-state index contributed by atoms with van der Waals surface area (Å²) in [7, 11) is 0. The summed E-state index contributed by atoms with van der Waals surface area (Å²) < 4.78 is 5.56. The number of H-pyrrole nitrogens is 1. The van der Waals surface area contributed by atoms with Gasteiger partial charge in [0.15, 0.2) is 0 Å². The van der Waals surface area contributed by atoms with E-state index in [1.165, 1.54) is 6.07 Å². The van der Waals surface area contributed by atoms with Crippen molar-refractivity contribution in [1.29, 1.82) is 5.26 Å². The number of aromatic amines is 1. The Morgan fingerprint density at radius 1 is 1.28 bits per heavy atom. The van der Waals surface area contributed by atoms with Crippen molar-refractivity contribution in [3.63, 3.8) is 0 Å². The minimum atomic E-state index is -0.181. The molecular weight excluding hydrogens is 230 g/mol. The van der Waals surface area contributed by atoms with Crippen LogP contribution in [0.15, 0.2) is 39.5 Å². The van der Waals surface area contributed by atoms with E-state index >= 15 is 0 Å². The van der Waals surface area contributed by atoms with Gasteiger partial charge in [-0.25, -0.2) is 4.98 Å². The minimum absolute atomic E-state index is 0.181. The zero-order valence-corrected chi connectivity index (χ0v) is 9.23.